The summed E-state index contributed by atoms with van der Waals surface area (Å²) in [6.45, 7) is 6.90. The van der Waals surface area contributed by atoms with Gasteiger partial charge in [0.25, 0.3) is 5.91 Å². The molecule has 1 N–H and O–H groups in total. The van der Waals surface area contributed by atoms with E-state index >= 15 is 0 Å². The van der Waals surface area contributed by atoms with Crippen molar-refractivity contribution in [2.45, 2.75) is 20.8 Å². The Bertz CT molecular complexity index is 929. The van der Waals surface area contributed by atoms with Gasteiger partial charge in [-0.25, -0.2) is 14.7 Å². The van der Waals surface area contributed by atoms with Crippen LogP contribution in [0.4, 0.5) is 0 Å². The molecule has 0 aliphatic carbocycles. The first-order valence-electron chi connectivity index (χ1n) is 8.96. The van der Waals surface area contributed by atoms with E-state index in [0.717, 1.165) is 21.7 Å². The number of benzene rings is 1. The maximum absolute atomic E-state index is 12.1. The Hall–Kier alpha value is -3.49. The Balaban J connectivity index is 1.63. The number of carbonyl (C=O) groups excluding carboxylic acids is 3. The molecule has 1 aromatic heterocycles. The van der Waals surface area contributed by atoms with Gasteiger partial charge in [-0.2, -0.15) is 0 Å². The lowest BCUT2D eigenvalue weighted by Crippen LogP contribution is -2.59. The van der Waals surface area contributed by atoms with Crippen molar-refractivity contribution in [1.29, 1.82) is 0 Å². The average Bonchev–Trinajstić information content (AvgIpc) is 3.12. The molecule has 0 atom stereocenters. The first-order valence-corrected chi connectivity index (χ1v) is 8.96. The summed E-state index contributed by atoms with van der Waals surface area (Å²) in [5.74, 6) is -1.34. The standard InChI is InChI=1S/C19H22N6O3/c1-4-23-7-8-25(19(28)18(23)27)21-16(26)5-6-24-12-20-17(22-24)15-10-13(2)9-14(3)11-15/h5-6,9-12H,4,7-8H2,1-3H3,(H,21,26)/b6-5-. The van der Waals surface area contributed by atoms with Crippen molar-refractivity contribution in [3.63, 3.8) is 0 Å². The lowest BCUT2D eigenvalue weighted by Gasteiger charge is -2.32. The summed E-state index contributed by atoms with van der Waals surface area (Å²) < 4.78 is 1.41. The molecule has 0 spiro atoms. The number of aromatic nitrogens is 3. The van der Waals surface area contributed by atoms with Crippen LogP contribution >= 0.6 is 0 Å². The molecule has 1 aliphatic heterocycles. The molecule has 3 rings (SSSR count). The first-order chi connectivity index (χ1) is 13.4. The highest BCUT2D eigenvalue weighted by Crippen LogP contribution is 2.18. The molecule has 3 amide bonds. The first kappa shape index (κ1) is 19.3. The van der Waals surface area contributed by atoms with Gasteiger partial charge in [-0.05, 0) is 32.9 Å². The van der Waals surface area contributed by atoms with Gasteiger partial charge in [0.15, 0.2) is 5.82 Å². The van der Waals surface area contributed by atoms with E-state index in [-0.39, 0.29) is 6.54 Å². The van der Waals surface area contributed by atoms with E-state index in [2.05, 4.69) is 21.6 Å². The largest absolute Gasteiger partial charge is 0.333 e. The highest BCUT2D eigenvalue weighted by Gasteiger charge is 2.32. The smallest absolute Gasteiger partial charge is 0.330 e. The summed E-state index contributed by atoms with van der Waals surface area (Å²) in [7, 11) is 0. The third-order valence-corrected chi connectivity index (χ3v) is 4.30. The molecule has 0 unspecified atom stereocenters. The molecule has 1 fully saturated rings. The van der Waals surface area contributed by atoms with Crippen LogP contribution in [0.5, 0.6) is 0 Å². The maximum Gasteiger partial charge on any atom is 0.330 e. The molecular weight excluding hydrogens is 360 g/mol. The van der Waals surface area contributed by atoms with E-state index in [1.807, 2.05) is 26.0 Å². The molecule has 1 saturated heterocycles. The van der Waals surface area contributed by atoms with Crippen molar-refractivity contribution in [2.24, 2.45) is 0 Å². The topological polar surface area (TPSA) is 100 Å². The zero-order chi connectivity index (χ0) is 20.3. The average molecular weight is 382 g/mol. The second-order valence-electron chi connectivity index (χ2n) is 6.56. The number of rotatable bonds is 5. The highest BCUT2D eigenvalue weighted by molar-refractivity contribution is 6.35. The van der Waals surface area contributed by atoms with Gasteiger partial charge in [-0.1, -0.05) is 17.2 Å². The molecule has 2 aromatic rings. The van der Waals surface area contributed by atoms with Crippen LogP contribution in [0.25, 0.3) is 17.6 Å². The molecule has 0 radical (unpaired) electrons. The second-order valence-corrected chi connectivity index (χ2v) is 6.56. The highest BCUT2D eigenvalue weighted by atomic mass is 16.2. The van der Waals surface area contributed by atoms with Crippen LogP contribution < -0.4 is 5.43 Å². The van der Waals surface area contributed by atoms with Crippen molar-refractivity contribution in [3.05, 3.63) is 41.7 Å². The summed E-state index contributed by atoms with van der Waals surface area (Å²) in [5, 5.41) is 5.36. The number of aryl methyl sites for hydroxylation is 2. The molecule has 2 heterocycles. The Kier molecular flexibility index (Phi) is 5.53. The molecule has 0 saturated carbocycles. The Morgan fingerprint density at radius 2 is 1.86 bits per heavy atom. The summed E-state index contributed by atoms with van der Waals surface area (Å²) in [5.41, 5.74) is 5.54. The van der Waals surface area contributed by atoms with Crippen molar-refractivity contribution in [3.8, 4) is 11.4 Å². The minimum atomic E-state index is -0.743. The molecule has 0 bridgehead atoms. The number of carbonyl (C=O) groups is 3. The van der Waals surface area contributed by atoms with Gasteiger partial charge < -0.3 is 4.90 Å². The van der Waals surface area contributed by atoms with E-state index in [0.29, 0.717) is 18.9 Å². The number of nitrogens with zero attached hydrogens (tertiary/aromatic N) is 5. The molecule has 9 nitrogen and oxygen atoms in total. The number of hydrazine groups is 1. The number of likely N-dealkylation sites (N-methyl/N-ethyl adjacent to an activating group) is 1. The van der Waals surface area contributed by atoms with Crippen molar-refractivity contribution in [1.82, 2.24) is 30.1 Å². The van der Waals surface area contributed by atoms with Crippen LogP contribution in [-0.2, 0) is 14.4 Å². The van der Waals surface area contributed by atoms with Crippen molar-refractivity contribution < 1.29 is 14.4 Å². The van der Waals surface area contributed by atoms with E-state index in [4.69, 9.17) is 0 Å². The van der Waals surface area contributed by atoms with Crippen LogP contribution in [0.15, 0.2) is 30.6 Å². The zero-order valence-corrected chi connectivity index (χ0v) is 16.0. The SMILES string of the molecule is CCN1CCN(NC(=O)/C=C\n2cnc(-c3cc(C)cc(C)c3)n2)C(=O)C1=O. The molecule has 1 aliphatic rings. The normalized spacial score (nSPS) is 14.8. The van der Waals surface area contributed by atoms with Crippen LogP contribution in [0.2, 0.25) is 0 Å². The van der Waals surface area contributed by atoms with Gasteiger partial charge in [-0.3, -0.25) is 19.8 Å². The van der Waals surface area contributed by atoms with Crippen LogP contribution in [0, 0.1) is 13.8 Å². The minimum Gasteiger partial charge on any atom is -0.333 e. The van der Waals surface area contributed by atoms with Crippen LogP contribution in [0.3, 0.4) is 0 Å². The van der Waals surface area contributed by atoms with Gasteiger partial charge >= 0.3 is 11.8 Å². The van der Waals surface area contributed by atoms with Gasteiger partial charge in [0.2, 0.25) is 0 Å². The number of hydrogen-bond acceptors (Lipinski definition) is 5. The Morgan fingerprint density at radius 3 is 2.54 bits per heavy atom. The molecule has 146 valence electrons. The van der Waals surface area contributed by atoms with E-state index in [9.17, 15) is 14.4 Å². The van der Waals surface area contributed by atoms with E-state index < -0.39 is 17.7 Å². The fourth-order valence-electron chi connectivity index (χ4n) is 2.98. The third-order valence-electron chi connectivity index (χ3n) is 4.30. The van der Waals surface area contributed by atoms with Gasteiger partial charge in [0.05, 0.1) is 6.54 Å². The van der Waals surface area contributed by atoms with Gasteiger partial charge in [-0.15, -0.1) is 5.10 Å². The molecule has 1 aromatic carbocycles. The van der Waals surface area contributed by atoms with Crippen molar-refractivity contribution >= 4 is 23.9 Å². The Labute approximate surface area is 162 Å². The maximum atomic E-state index is 12.1. The van der Waals surface area contributed by atoms with Crippen LogP contribution in [-0.4, -0.2) is 62.0 Å². The monoisotopic (exact) mass is 382 g/mol. The number of hydrogen-bond donors (Lipinski definition) is 1. The molecule has 9 heteroatoms. The fourth-order valence-corrected chi connectivity index (χ4v) is 2.98. The summed E-state index contributed by atoms with van der Waals surface area (Å²) in [6, 6.07) is 6.04. The van der Waals surface area contributed by atoms with Crippen molar-refractivity contribution in [2.75, 3.05) is 19.6 Å². The summed E-state index contributed by atoms with van der Waals surface area (Å²) >= 11 is 0. The number of piperazine rings is 1. The lowest BCUT2D eigenvalue weighted by molar-refractivity contribution is -0.159. The predicted octanol–water partition coefficient (Wildman–Crippen LogP) is 0.755. The van der Waals surface area contributed by atoms with Gasteiger partial charge in [0, 0.05) is 30.9 Å². The molecular formula is C19H22N6O3. The lowest BCUT2D eigenvalue weighted by atomic mass is 10.1. The van der Waals surface area contributed by atoms with Gasteiger partial charge in [0.1, 0.15) is 6.33 Å². The predicted molar refractivity (Wildman–Crippen MR) is 102 cm³/mol. The summed E-state index contributed by atoms with van der Waals surface area (Å²) in [4.78, 5) is 41.6. The third kappa shape index (κ3) is 4.25. The van der Waals surface area contributed by atoms with Crippen LogP contribution in [0.1, 0.15) is 18.1 Å². The molecule has 28 heavy (non-hydrogen) atoms. The summed E-state index contributed by atoms with van der Waals surface area (Å²) in [6.07, 6.45) is 4.15. The minimum absolute atomic E-state index is 0.248. The fraction of sp³-hybridized carbons (Fsp3) is 0.316. The number of nitrogens with one attached hydrogen (secondary N) is 1. The quantitative estimate of drug-likeness (QED) is 0.608. The zero-order valence-electron chi connectivity index (χ0n) is 16.0. The Morgan fingerprint density at radius 1 is 1.14 bits per heavy atom. The second kappa shape index (κ2) is 8.03. The van der Waals surface area contributed by atoms with E-state index in [1.165, 1.54) is 28.2 Å². The number of amides is 3. The van der Waals surface area contributed by atoms with E-state index in [1.54, 1.807) is 6.92 Å².